The summed E-state index contributed by atoms with van der Waals surface area (Å²) >= 11 is 0. The SMILES string of the molecule is C[C@@H]1CN([C@@H](C)CO)C(=O)c2cc(NC(=O)c3ccncc3)ccc2O[C@H]1CN(C)C(=O)Nc1ccc(C(F)(F)F)cc1. The molecule has 0 spiro atoms. The van der Waals surface area contributed by atoms with Gasteiger partial charge in [0, 0.05) is 48.8 Å². The van der Waals surface area contributed by atoms with Crippen LogP contribution >= 0.6 is 0 Å². The largest absolute Gasteiger partial charge is 0.487 e. The van der Waals surface area contributed by atoms with Crippen molar-refractivity contribution in [2.24, 2.45) is 5.92 Å². The van der Waals surface area contributed by atoms with Gasteiger partial charge in [0.1, 0.15) is 11.9 Å². The number of hydrogen-bond acceptors (Lipinski definition) is 6. The number of benzene rings is 2. The highest BCUT2D eigenvalue weighted by Gasteiger charge is 2.34. The number of alkyl halides is 3. The lowest BCUT2D eigenvalue weighted by molar-refractivity contribution is -0.137. The summed E-state index contributed by atoms with van der Waals surface area (Å²) in [5.41, 5.74) is 0.266. The zero-order chi connectivity index (χ0) is 31.3. The molecule has 4 amide bonds. The van der Waals surface area contributed by atoms with Gasteiger partial charge in [0.25, 0.3) is 11.8 Å². The van der Waals surface area contributed by atoms with Crippen molar-refractivity contribution in [1.82, 2.24) is 14.8 Å². The molecule has 2 heterocycles. The van der Waals surface area contributed by atoms with Crippen LogP contribution in [0.15, 0.2) is 67.0 Å². The number of halogens is 3. The molecule has 13 heteroatoms. The standard InChI is InChI=1S/C30H32F3N5O5/c1-18-15-38(19(2)17-39)28(41)24-14-23(35-27(40)20-10-12-34-13-11-20)8-9-25(24)43-26(18)16-37(3)29(42)36-22-6-4-21(5-7-22)30(31,32)33/h4-14,18-19,26,39H,15-17H2,1-3H3,(H,35,40)(H,36,42)/t18-,19+,26+/m1/s1. The maximum Gasteiger partial charge on any atom is 0.416 e. The molecule has 228 valence electrons. The van der Waals surface area contributed by atoms with Crippen LogP contribution in [0.4, 0.5) is 29.3 Å². The minimum absolute atomic E-state index is 0.0726. The van der Waals surface area contributed by atoms with E-state index in [0.29, 0.717) is 11.3 Å². The van der Waals surface area contributed by atoms with Crippen molar-refractivity contribution in [3.8, 4) is 5.75 Å². The monoisotopic (exact) mass is 599 g/mol. The number of anilines is 2. The smallest absolute Gasteiger partial charge is 0.416 e. The highest BCUT2D eigenvalue weighted by Crippen LogP contribution is 2.32. The van der Waals surface area contributed by atoms with Gasteiger partial charge in [-0.25, -0.2) is 4.79 Å². The van der Waals surface area contributed by atoms with E-state index in [9.17, 15) is 32.7 Å². The van der Waals surface area contributed by atoms with Gasteiger partial charge < -0.3 is 30.3 Å². The van der Waals surface area contributed by atoms with Crippen molar-refractivity contribution in [1.29, 1.82) is 0 Å². The number of fused-ring (bicyclic) bond motifs is 1. The molecular formula is C30H32F3N5O5. The lowest BCUT2D eigenvalue weighted by Crippen LogP contribution is -2.50. The predicted octanol–water partition coefficient (Wildman–Crippen LogP) is 4.74. The number of pyridine rings is 1. The van der Waals surface area contributed by atoms with Gasteiger partial charge in [-0.2, -0.15) is 13.2 Å². The number of aromatic nitrogens is 1. The first-order valence-electron chi connectivity index (χ1n) is 13.5. The van der Waals surface area contributed by atoms with E-state index in [1.165, 1.54) is 47.4 Å². The van der Waals surface area contributed by atoms with E-state index in [2.05, 4.69) is 15.6 Å². The molecule has 0 saturated carbocycles. The molecule has 1 aromatic heterocycles. The van der Waals surface area contributed by atoms with Crippen LogP contribution in [-0.2, 0) is 6.18 Å². The minimum Gasteiger partial charge on any atom is -0.487 e. The van der Waals surface area contributed by atoms with Crippen LogP contribution < -0.4 is 15.4 Å². The molecule has 3 atom stereocenters. The second-order valence-electron chi connectivity index (χ2n) is 10.4. The molecule has 0 radical (unpaired) electrons. The summed E-state index contributed by atoms with van der Waals surface area (Å²) < 4.78 is 44.9. The lowest BCUT2D eigenvalue weighted by atomic mass is 9.99. The lowest BCUT2D eigenvalue weighted by Gasteiger charge is -2.38. The van der Waals surface area contributed by atoms with Gasteiger partial charge in [-0.3, -0.25) is 14.6 Å². The molecule has 1 aliphatic rings. The number of carbonyl (C=O) groups is 3. The molecule has 2 aromatic carbocycles. The molecule has 0 saturated heterocycles. The van der Waals surface area contributed by atoms with Crippen molar-refractivity contribution in [2.45, 2.75) is 32.2 Å². The fourth-order valence-electron chi connectivity index (χ4n) is 4.54. The van der Waals surface area contributed by atoms with Crippen molar-refractivity contribution in [2.75, 3.05) is 37.4 Å². The first-order valence-corrected chi connectivity index (χ1v) is 13.5. The molecule has 10 nitrogen and oxygen atoms in total. The number of nitrogens with one attached hydrogen (secondary N) is 2. The van der Waals surface area contributed by atoms with E-state index >= 15 is 0 Å². The molecule has 3 aromatic rings. The average molecular weight is 600 g/mol. The van der Waals surface area contributed by atoms with Crippen LogP contribution in [0.1, 0.15) is 40.1 Å². The number of aliphatic hydroxyl groups excluding tert-OH is 1. The van der Waals surface area contributed by atoms with Gasteiger partial charge >= 0.3 is 12.2 Å². The third kappa shape index (κ3) is 7.60. The zero-order valence-electron chi connectivity index (χ0n) is 23.8. The highest BCUT2D eigenvalue weighted by molar-refractivity contribution is 6.05. The Bertz CT molecular complexity index is 1450. The molecule has 43 heavy (non-hydrogen) atoms. The second-order valence-corrected chi connectivity index (χ2v) is 10.4. The molecule has 0 fully saturated rings. The third-order valence-electron chi connectivity index (χ3n) is 7.13. The maximum atomic E-state index is 13.6. The van der Waals surface area contributed by atoms with Crippen LogP contribution in [0.3, 0.4) is 0 Å². The molecular weight excluding hydrogens is 567 g/mol. The Morgan fingerprint density at radius 3 is 2.37 bits per heavy atom. The summed E-state index contributed by atoms with van der Waals surface area (Å²) in [6.45, 7) is 3.55. The number of likely N-dealkylation sites (N-methyl/N-ethyl adjacent to an activating group) is 1. The number of urea groups is 1. The van der Waals surface area contributed by atoms with Crippen molar-refractivity contribution in [3.05, 3.63) is 83.7 Å². The van der Waals surface area contributed by atoms with E-state index in [1.54, 1.807) is 31.2 Å². The third-order valence-corrected chi connectivity index (χ3v) is 7.13. The topological polar surface area (TPSA) is 124 Å². The Balaban J connectivity index is 1.55. The number of aliphatic hydroxyl groups is 1. The Kier molecular flexibility index (Phi) is 9.54. The van der Waals surface area contributed by atoms with Gasteiger partial charge in [0.15, 0.2) is 0 Å². The molecule has 3 N–H and O–H groups in total. The Morgan fingerprint density at radius 1 is 1.09 bits per heavy atom. The van der Waals surface area contributed by atoms with Crippen molar-refractivity contribution < 1.29 is 37.4 Å². The van der Waals surface area contributed by atoms with Gasteiger partial charge in [-0.1, -0.05) is 6.92 Å². The molecule has 0 bridgehead atoms. The van der Waals surface area contributed by atoms with Crippen LogP contribution in [0.5, 0.6) is 5.75 Å². The Hall–Kier alpha value is -4.65. The molecule has 4 rings (SSSR count). The van der Waals surface area contributed by atoms with Crippen LogP contribution in [0, 0.1) is 5.92 Å². The van der Waals surface area contributed by atoms with Crippen LogP contribution in [-0.4, -0.2) is 76.6 Å². The predicted molar refractivity (Wildman–Crippen MR) is 153 cm³/mol. The second kappa shape index (κ2) is 13.1. The van der Waals surface area contributed by atoms with E-state index in [0.717, 1.165) is 12.1 Å². The Morgan fingerprint density at radius 2 is 1.74 bits per heavy atom. The molecule has 1 aliphatic heterocycles. The number of nitrogens with zero attached hydrogens (tertiary/aromatic N) is 3. The normalized spacial score (nSPS) is 17.6. The number of ether oxygens (including phenoxy) is 1. The molecule has 0 unspecified atom stereocenters. The summed E-state index contributed by atoms with van der Waals surface area (Å²) in [7, 11) is 1.52. The van der Waals surface area contributed by atoms with Gasteiger partial charge in [-0.15, -0.1) is 0 Å². The fraction of sp³-hybridized carbons (Fsp3) is 0.333. The summed E-state index contributed by atoms with van der Waals surface area (Å²) in [6.07, 6.45) is -2.12. The van der Waals surface area contributed by atoms with Crippen LogP contribution in [0.2, 0.25) is 0 Å². The number of hydrogen-bond donors (Lipinski definition) is 3. The zero-order valence-corrected chi connectivity index (χ0v) is 23.8. The minimum atomic E-state index is -4.49. The Labute approximate surface area is 246 Å². The highest BCUT2D eigenvalue weighted by atomic mass is 19.4. The van der Waals surface area contributed by atoms with Gasteiger partial charge in [0.2, 0.25) is 0 Å². The van der Waals surface area contributed by atoms with Gasteiger partial charge in [-0.05, 0) is 61.5 Å². The summed E-state index contributed by atoms with van der Waals surface area (Å²) in [6, 6.07) is 10.8. The number of carbonyl (C=O) groups excluding carboxylic acids is 3. The van der Waals surface area contributed by atoms with Crippen LogP contribution in [0.25, 0.3) is 0 Å². The van der Waals surface area contributed by atoms with E-state index < -0.39 is 41.7 Å². The van der Waals surface area contributed by atoms with E-state index in [-0.39, 0.29) is 42.6 Å². The summed E-state index contributed by atoms with van der Waals surface area (Å²) in [4.78, 5) is 46.0. The summed E-state index contributed by atoms with van der Waals surface area (Å²) in [5.74, 6) is -0.849. The quantitative estimate of drug-likeness (QED) is 0.361. The number of rotatable bonds is 7. The van der Waals surface area contributed by atoms with E-state index in [4.69, 9.17) is 4.74 Å². The van der Waals surface area contributed by atoms with Gasteiger partial charge in [0.05, 0.1) is 30.3 Å². The summed E-state index contributed by atoms with van der Waals surface area (Å²) in [5, 5.41) is 15.2. The maximum absolute atomic E-state index is 13.6. The van der Waals surface area contributed by atoms with E-state index in [1.807, 2.05) is 6.92 Å². The fourth-order valence-corrected chi connectivity index (χ4v) is 4.54. The molecule has 0 aliphatic carbocycles. The van der Waals surface area contributed by atoms with Crippen molar-refractivity contribution >= 4 is 29.2 Å². The number of amides is 4. The first kappa shape index (κ1) is 31.3. The first-order chi connectivity index (χ1) is 20.4. The average Bonchev–Trinajstić information content (AvgIpc) is 2.99. The van der Waals surface area contributed by atoms with Crippen molar-refractivity contribution in [3.63, 3.8) is 0 Å².